The van der Waals surface area contributed by atoms with E-state index in [0.29, 0.717) is 12.2 Å². The maximum atomic E-state index is 6.32. The molecular formula is C19H20ClN5. The first kappa shape index (κ1) is 16.1. The molecule has 0 saturated heterocycles. The maximum absolute atomic E-state index is 6.32. The fourth-order valence-electron chi connectivity index (χ4n) is 3.65. The van der Waals surface area contributed by atoms with Crippen LogP contribution in [0, 0.1) is 6.92 Å². The van der Waals surface area contributed by atoms with E-state index in [1.165, 1.54) is 28.1 Å². The summed E-state index contributed by atoms with van der Waals surface area (Å²) in [5, 5.41) is 15.1. The van der Waals surface area contributed by atoms with E-state index in [2.05, 4.69) is 76.6 Å². The van der Waals surface area contributed by atoms with Gasteiger partial charge in [-0.15, -0.1) is 10.2 Å². The average Bonchev–Trinajstić information content (AvgIpc) is 3.09. The van der Waals surface area contributed by atoms with Gasteiger partial charge in [-0.05, 0) is 42.3 Å². The van der Waals surface area contributed by atoms with E-state index in [1.54, 1.807) is 0 Å². The van der Waals surface area contributed by atoms with Crippen molar-refractivity contribution in [2.75, 3.05) is 11.4 Å². The van der Waals surface area contributed by atoms with Gasteiger partial charge in [0.2, 0.25) is 0 Å². The van der Waals surface area contributed by atoms with Crippen molar-refractivity contribution in [2.24, 2.45) is 0 Å². The summed E-state index contributed by atoms with van der Waals surface area (Å²) >= 11 is 6.32. The number of nitrogens with zero attached hydrogens (tertiary/aromatic N) is 4. The molecule has 128 valence electrons. The second kappa shape index (κ2) is 5.85. The lowest BCUT2D eigenvalue weighted by molar-refractivity contribution is 0.622. The number of halogens is 1. The van der Waals surface area contributed by atoms with Crippen molar-refractivity contribution in [3.05, 3.63) is 63.9 Å². The Kier molecular flexibility index (Phi) is 3.76. The molecule has 0 spiro atoms. The van der Waals surface area contributed by atoms with Gasteiger partial charge >= 0.3 is 0 Å². The zero-order chi connectivity index (χ0) is 17.6. The number of hydrogen-bond donors (Lipinski definition) is 1. The number of fused-ring (bicyclic) bond motifs is 2. The van der Waals surface area contributed by atoms with Crippen LogP contribution >= 0.6 is 11.6 Å². The summed E-state index contributed by atoms with van der Waals surface area (Å²) in [5.41, 5.74) is 6.13. The highest BCUT2D eigenvalue weighted by Gasteiger charge is 2.36. The van der Waals surface area contributed by atoms with Gasteiger partial charge in [0.05, 0.1) is 0 Å². The zero-order valence-electron chi connectivity index (χ0n) is 14.5. The summed E-state index contributed by atoms with van der Waals surface area (Å²) in [6, 6.07) is 12.8. The number of aromatic nitrogens is 4. The van der Waals surface area contributed by atoms with Crippen molar-refractivity contribution in [3.8, 4) is 0 Å². The molecule has 6 heteroatoms. The number of aromatic amines is 1. The van der Waals surface area contributed by atoms with Gasteiger partial charge in [-0.3, -0.25) is 0 Å². The maximum Gasteiger partial charge on any atom is 0.176 e. The van der Waals surface area contributed by atoms with E-state index in [1.807, 2.05) is 6.07 Å². The summed E-state index contributed by atoms with van der Waals surface area (Å²) in [7, 11) is 0. The van der Waals surface area contributed by atoms with Gasteiger partial charge in [-0.1, -0.05) is 48.4 Å². The SMILES string of the molecule is Cc1ccc2c(c1)C(C)(C)c1cc(Cl)ccc1N2CCc1nn[nH]n1. The van der Waals surface area contributed by atoms with Crippen LogP contribution < -0.4 is 4.90 Å². The lowest BCUT2D eigenvalue weighted by Crippen LogP contribution is -2.34. The molecule has 0 bridgehead atoms. The van der Waals surface area contributed by atoms with Crippen molar-refractivity contribution >= 4 is 23.0 Å². The van der Waals surface area contributed by atoms with Crippen LogP contribution in [-0.2, 0) is 11.8 Å². The summed E-state index contributed by atoms with van der Waals surface area (Å²) in [5.74, 6) is 0.717. The molecule has 4 rings (SSSR count). The highest BCUT2D eigenvalue weighted by molar-refractivity contribution is 6.30. The van der Waals surface area contributed by atoms with Crippen LogP contribution in [0.4, 0.5) is 11.4 Å². The molecular weight excluding hydrogens is 334 g/mol. The van der Waals surface area contributed by atoms with Crippen molar-refractivity contribution in [1.82, 2.24) is 20.6 Å². The lowest BCUT2D eigenvalue weighted by Gasteiger charge is -2.42. The van der Waals surface area contributed by atoms with Crippen LogP contribution in [0.3, 0.4) is 0 Å². The molecule has 0 unspecified atom stereocenters. The fourth-order valence-corrected chi connectivity index (χ4v) is 3.82. The van der Waals surface area contributed by atoms with E-state index >= 15 is 0 Å². The number of tetrazole rings is 1. The van der Waals surface area contributed by atoms with Gasteiger partial charge in [-0.2, -0.15) is 5.21 Å². The molecule has 1 N–H and O–H groups in total. The quantitative estimate of drug-likeness (QED) is 0.767. The number of aryl methyl sites for hydroxylation is 1. The van der Waals surface area contributed by atoms with E-state index in [4.69, 9.17) is 11.6 Å². The van der Waals surface area contributed by atoms with Crippen molar-refractivity contribution in [1.29, 1.82) is 0 Å². The highest BCUT2D eigenvalue weighted by Crippen LogP contribution is 2.49. The number of anilines is 2. The Morgan fingerprint density at radius 2 is 1.80 bits per heavy atom. The van der Waals surface area contributed by atoms with Gasteiger partial charge in [-0.25, -0.2) is 0 Å². The first-order chi connectivity index (χ1) is 12.0. The van der Waals surface area contributed by atoms with E-state index < -0.39 is 0 Å². The van der Waals surface area contributed by atoms with Crippen molar-refractivity contribution in [3.63, 3.8) is 0 Å². The van der Waals surface area contributed by atoms with Crippen LogP contribution in [0.5, 0.6) is 0 Å². The summed E-state index contributed by atoms with van der Waals surface area (Å²) < 4.78 is 0. The van der Waals surface area contributed by atoms with Crippen LogP contribution in [-0.4, -0.2) is 27.2 Å². The predicted octanol–water partition coefficient (Wildman–Crippen LogP) is 4.18. The smallest absolute Gasteiger partial charge is 0.176 e. The summed E-state index contributed by atoms with van der Waals surface area (Å²) in [4.78, 5) is 2.34. The van der Waals surface area contributed by atoms with Gasteiger partial charge in [0.15, 0.2) is 5.82 Å². The van der Waals surface area contributed by atoms with Crippen molar-refractivity contribution in [2.45, 2.75) is 32.6 Å². The molecule has 25 heavy (non-hydrogen) atoms. The third-order valence-corrected chi connectivity index (χ3v) is 5.22. The molecule has 0 amide bonds. The minimum absolute atomic E-state index is 0.107. The summed E-state index contributed by atoms with van der Waals surface area (Å²) in [6.07, 6.45) is 0.715. The van der Waals surface area contributed by atoms with Crippen molar-refractivity contribution < 1.29 is 0 Å². The van der Waals surface area contributed by atoms with Crippen LogP contribution in [0.15, 0.2) is 36.4 Å². The molecule has 2 heterocycles. The minimum Gasteiger partial charge on any atom is -0.341 e. The Morgan fingerprint density at radius 1 is 1.08 bits per heavy atom. The first-order valence-electron chi connectivity index (χ1n) is 8.38. The second-order valence-corrected chi connectivity index (χ2v) is 7.47. The largest absolute Gasteiger partial charge is 0.341 e. The normalized spacial score (nSPS) is 15.0. The third kappa shape index (κ3) is 2.68. The standard InChI is InChI=1S/C19H20ClN5/c1-12-4-6-16-14(10-12)19(2,3)15-11-13(20)5-7-17(15)25(16)9-8-18-21-23-24-22-18/h4-7,10-11H,8-9H2,1-3H3,(H,21,22,23,24). The number of nitrogens with one attached hydrogen (secondary N) is 1. The lowest BCUT2D eigenvalue weighted by atomic mass is 9.73. The van der Waals surface area contributed by atoms with Crippen LogP contribution in [0.25, 0.3) is 0 Å². The van der Waals surface area contributed by atoms with E-state index in [0.717, 1.165) is 11.6 Å². The Bertz CT molecular complexity index is 862. The minimum atomic E-state index is -0.107. The highest BCUT2D eigenvalue weighted by atomic mass is 35.5. The Morgan fingerprint density at radius 3 is 2.52 bits per heavy atom. The molecule has 3 aromatic rings. The summed E-state index contributed by atoms with van der Waals surface area (Å²) in [6.45, 7) is 7.43. The molecule has 1 aliphatic heterocycles. The average molecular weight is 354 g/mol. The molecule has 0 radical (unpaired) electrons. The van der Waals surface area contributed by atoms with Gasteiger partial charge in [0.1, 0.15) is 0 Å². The number of rotatable bonds is 3. The Hall–Kier alpha value is -2.40. The van der Waals surface area contributed by atoms with E-state index in [-0.39, 0.29) is 5.41 Å². The Balaban J connectivity index is 1.84. The number of hydrogen-bond acceptors (Lipinski definition) is 4. The van der Waals surface area contributed by atoms with Gasteiger partial charge in [0, 0.05) is 34.8 Å². The molecule has 1 aromatic heterocycles. The second-order valence-electron chi connectivity index (χ2n) is 7.04. The monoisotopic (exact) mass is 353 g/mol. The van der Waals surface area contributed by atoms with Crippen LogP contribution in [0.2, 0.25) is 5.02 Å². The molecule has 5 nitrogen and oxygen atoms in total. The molecule has 0 fully saturated rings. The van der Waals surface area contributed by atoms with Gasteiger partial charge < -0.3 is 4.90 Å². The molecule has 2 aromatic carbocycles. The van der Waals surface area contributed by atoms with Crippen LogP contribution in [0.1, 0.15) is 36.4 Å². The molecule has 0 saturated carbocycles. The topological polar surface area (TPSA) is 57.7 Å². The third-order valence-electron chi connectivity index (χ3n) is 4.99. The van der Waals surface area contributed by atoms with E-state index in [9.17, 15) is 0 Å². The molecule has 0 atom stereocenters. The zero-order valence-corrected chi connectivity index (χ0v) is 15.3. The number of benzene rings is 2. The fraction of sp³-hybridized carbons (Fsp3) is 0.316. The predicted molar refractivity (Wildman–Crippen MR) is 99.6 cm³/mol. The molecule has 0 aliphatic carbocycles. The first-order valence-corrected chi connectivity index (χ1v) is 8.75. The van der Waals surface area contributed by atoms with Gasteiger partial charge in [0.25, 0.3) is 0 Å². The molecule has 1 aliphatic rings. The Labute approximate surface area is 152 Å². The number of H-pyrrole nitrogens is 1.